The molecule has 0 radical (unpaired) electrons. The molecule has 0 aromatic carbocycles. The van der Waals surface area contributed by atoms with Gasteiger partial charge in [0.2, 0.25) is 11.7 Å². The molecule has 1 aliphatic carbocycles. The van der Waals surface area contributed by atoms with Gasteiger partial charge >= 0.3 is 0 Å². The average Bonchev–Trinajstić information content (AvgIpc) is 3.11. The van der Waals surface area contributed by atoms with E-state index in [1.807, 2.05) is 6.92 Å². The highest BCUT2D eigenvalue weighted by Crippen LogP contribution is 2.34. The monoisotopic (exact) mass is 251 g/mol. The van der Waals surface area contributed by atoms with Crippen LogP contribution in [0, 0.1) is 5.92 Å². The Morgan fingerprint density at radius 3 is 2.94 bits per heavy atom. The first kappa shape index (κ1) is 12.1. The number of rotatable bonds is 4. The molecule has 2 unspecified atom stereocenters. The number of aromatic nitrogens is 2. The summed E-state index contributed by atoms with van der Waals surface area (Å²) in [7, 11) is 0. The molecule has 0 bridgehead atoms. The summed E-state index contributed by atoms with van der Waals surface area (Å²) in [5.41, 5.74) is 5.70. The minimum atomic E-state index is -0.371. The Labute approximate surface area is 107 Å². The normalized spacial score (nSPS) is 30.3. The second-order valence-electron chi connectivity index (χ2n) is 5.75. The lowest BCUT2D eigenvalue weighted by molar-refractivity contribution is -0.0770. The van der Waals surface area contributed by atoms with Gasteiger partial charge < -0.3 is 15.0 Å². The fourth-order valence-corrected chi connectivity index (χ4v) is 2.56. The number of nitrogens with two attached hydrogens (primary N) is 1. The van der Waals surface area contributed by atoms with E-state index in [4.69, 9.17) is 15.0 Å². The van der Waals surface area contributed by atoms with Crippen LogP contribution in [0.25, 0.3) is 0 Å². The van der Waals surface area contributed by atoms with Crippen molar-refractivity contribution in [1.29, 1.82) is 0 Å². The molecule has 3 rings (SSSR count). The van der Waals surface area contributed by atoms with Gasteiger partial charge in [0.25, 0.3) is 0 Å². The lowest BCUT2D eigenvalue weighted by Crippen LogP contribution is -2.31. The molecule has 0 amide bonds. The minimum Gasteiger partial charge on any atom is -0.367 e. The van der Waals surface area contributed by atoms with Crippen LogP contribution in [0.3, 0.4) is 0 Å². The van der Waals surface area contributed by atoms with Gasteiger partial charge in [-0.3, -0.25) is 0 Å². The van der Waals surface area contributed by atoms with Crippen LogP contribution in [0.4, 0.5) is 0 Å². The molecule has 5 heteroatoms. The van der Waals surface area contributed by atoms with E-state index in [1.54, 1.807) is 0 Å². The summed E-state index contributed by atoms with van der Waals surface area (Å²) in [6.45, 7) is 2.82. The van der Waals surface area contributed by atoms with Crippen molar-refractivity contribution in [2.45, 2.75) is 57.1 Å². The third kappa shape index (κ3) is 2.42. The van der Waals surface area contributed by atoms with Gasteiger partial charge in [-0.25, -0.2) is 0 Å². The van der Waals surface area contributed by atoms with E-state index in [2.05, 4.69) is 10.1 Å². The summed E-state index contributed by atoms with van der Waals surface area (Å²) >= 11 is 0. The second kappa shape index (κ2) is 4.63. The van der Waals surface area contributed by atoms with E-state index in [-0.39, 0.29) is 11.6 Å². The van der Waals surface area contributed by atoms with Crippen molar-refractivity contribution in [2.24, 2.45) is 11.7 Å². The van der Waals surface area contributed by atoms with E-state index in [0.29, 0.717) is 24.1 Å². The van der Waals surface area contributed by atoms with Gasteiger partial charge in [-0.05, 0) is 44.9 Å². The molecule has 2 aliphatic rings. The lowest BCUT2D eigenvalue weighted by Gasteiger charge is -2.30. The molecule has 5 nitrogen and oxygen atoms in total. The first-order chi connectivity index (χ1) is 8.67. The summed E-state index contributed by atoms with van der Waals surface area (Å²) < 4.78 is 11.1. The Hall–Kier alpha value is -0.940. The van der Waals surface area contributed by atoms with Gasteiger partial charge in [0.1, 0.15) is 5.60 Å². The predicted molar refractivity (Wildman–Crippen MR) is 65.9 cm³/mol. The molecular formula is C13H21N3O2. The van der Waals surface area contributed by atoms with Crippen LogP contribution in [0.5, 0.6) is 0 Å². The molecule has 2 N–H and O–H groups in total. The van der Waals surface area contributed by atoms with Gasteiger partial charge in [-0.2, -0.15) is 4.98 Å². The van der Waals surface area contributed by atoms with Gasteiger partial charge in [-0.1, -0.05) is 5.16 Å². The van der Waals surface area contributed by atoms with Gasteiger partial charge in [0.05, 0.1) is 0 Å². The molecule has 100 valence electrons. The molecule has 2 heterocycles. The zero-order chi connectivity index (χ0) is 12.6. The number of nitrogens with zero attached hydrogens (tertiary/aromatic N) is 2. The van der Waals surface area contributed by atoms with Crippen LogP contribution in [-0.4, -0.2) is 22.8 Å². The smallest absolute Gasteiger partial charge is 0.228 e. The summed E-state index contributed by atoms with van der Waals surface area (Å²) in [4.78, 5) is 4.47. The Bertz CT molecular complexity index is 408. The van der Waals surface area contributed by atoms with Crippen LogP contribution in [-0.2, 0) is 16.8 Å². The first-order valence-electron chi connectivity index (χ1n) is 6.90. The summed E-state index contributed by atoms with van der Waals surface area (Å²) in [5, 5.41) is 4.08. The lowest BCUT2D eigenvalue weighted by atomic mass is 9.95. The predicted octanol–water partition coefficient (Wildman–Crippen LogP) is 1.77. The fraction of sp³-hybridized carbons (Fsp3) is 0.846. The van der Waals surface area contributed by atoms with Crippen molar-refractivity contribution in [3.05, 3.63) is 11.7 Å². The minimum absolute atomic E-state index is 0.165. The fourth-order valence-electron chi connectivity index (χ4n) is 2.56. The van der Waals surface area contributed by atoms with Crippen molar-refractivity contribution in [3.63, 3.8) is 0 Å². The summed E-state index contributed by atoms with van der Waals surface area (Å²) in [6.07, 6.45) is 6.40. The van der Waals surface area contributed by atoms with Crippen LogP contribution < -0.4 is 5.73 Å². The molecule has 1 aliphatic heterocycles. The van der Waals surface area contributed by atoms with Crippen molar-refractivity contribution in [1.82, 2.24) is 10.1 Å². The Morgan fingerprint density at radius 2 is 2.28 bits per heavy atom. The molecule has 1 aromatic rings. The Balaban J connectivity index is 1.68. The van der Waals surface area contributed by atoms with Crippen molar-refractivity contribution >= 4 is 0 Å². The maximum absolute atomic E-state index is 6.07. The van der Waals surface area contributed by atoms with Crippen molar-refractivity contribution in [3.8, 4) is 0 Å². The quantitative estimate of drug-likeness (QED) is 0.882. The van der Waals surface area contributed by atoms with E-state index in [0.717, 1.165) is 25.9 Å². The standard InChI is InChI=1S/C13H21N3O2/c1-13(6-2-3-7-17-13)12-15-11(18-16-12)8-10(14)9-4-5-9/h9-10H,2-8,14H2,1H3. The second-order valence-corrected chi connectivity index (χ2v) is 5.75. The molecule has 0 spiro atoms. The zero-order valence-electron chi connectivity index (χ0n) is 10.9. The largest absolute Gasteiger partial charge is 0.367 e. The van der Waals surface area contributed by atoms with Crippen LogP contribution in [0.2, 0.25) is 0 Å². The topological polar surface area (TPSA) is 74.2 Å². The highest BCUT2D eigenvalue weighted by Gasteiger charge is 2.36. The van der Waals surface area contributed by atoms with Gasteiger partial charge in [-0.15, -0.1) is 0 Å². The zero-order valence-corrected chi connectivity index (χ0v) is 10.9. The first-order valence-corrected chi connectivity index (χ1v) is 6.90. The SMILES string of the molecule is CC1(c2noc(CC(N)C3CC3)n2)CCCCO1. The Morgan fingerprint density at radius 1 is 1.44 bits per heavy atom. The van der Waals surface area contributed by atoms with Gasteiger partial charge in [0, 0.05) is 19.1 Å². The molecular weight excluding hydrogens is 230 g/mol. The molecule has 2 atom stereocenters. The average molecular weight is 251 g/mol. The highest BCUT2D eigenvalue weighted by molar-refractivity contribution is 5.02. The third-order valence-corrected chi connectivity index (χ3v) is 4.05. The van der Waals surface area contributed by atoms with Crippen LogP contribution in [0.1, 0.15) is 50.7 Å². The summed E-state index contributed by atoms with van der Waals surface area (Å²) in [5.74, 6) is 1.99. The molecule has 1 saturated carbocycles. The molecule has 18 heavy (non-hydrogen) atoms. The molecule has 2 fully saturated rings. The number of hydrogen-bond donors (Lipinski definition) is 1. The van der Waals surface area contributed by atoms with Crippen LogP contribution in [0.15, 0.2) is 4.52 Å². The van der Waals surface area contributed by atoms with E-state index in [9.17, 15) is 0 Å². The molecule has 1 aromatic heterocycles. The van der Waals surface area contributed by atoms with Gasteiger partial charge in [0.15, 0.2) is 0 Å². The van der Waals surface area contributed by atoms with Crippen molar-refractivity contribution in [2.75, 3.05) is 6.61 Å². The van der Waals surface area contributed by atoms with Crippen LogP contribution >= 0.6 is 0 Å². The highest BCUT2D eigenvalue weighted by atomic mass is 16.5. The summed E-state index contributed by atoms with van der Waals surface area (Å²) in [6, 6.07) is 0.165. The number of hydrogen-bond acceptors (Lipinski definition) is 5. The Kier molecular flexibility index (Phi) is 3.11. The maximum Gasteiger partial charge on any atom is 0.228 e. The third-order valence-electron chi connectivity index (χ3n) is 4.05. The van der Waals surface area contributed by atoms with E-state index >= 15 is 0 Å². The van der Waals surface area contributed by atoms with E-state index in [1.165, 1.54) is 12.8 Å². The maximum atomic E-state index is 6.07. The number of ether oxygens (including phenoxy) is 1. The van der Waals surface area contributed by atoms with Crippen molar-refractivity contribution < 1.29 is 9.26 Å². The van der Waals surface area contributed by atoms with E-state index < -0.39 is 0 Å². The molecule has 1 saturated heterocycles.